The quantitative estimate of drug-likeness (QED) is 0.430. The molecular weight excluding hydrogens is 464 g/mol. The van der Waals surface area contributed by atoms with E-state index in [-0.39, 0.29) is 37.8 Å². The average Bonchev–Trinajstić information content (AvgIpc) is 3.62. The number of aliphatic hydroxyl groups excluding tert-OH is 1. The van der Waals surface area contributed by atoms with E-state index in [2.05, 4.69) is 11.9 Å². The number of carbonyl (C=O) groups excluding carboxylic acids is 1. The van der Waals surface area contributed by atoms with Gasteiger partial charge in [0.05, 0.1) is 18.8 Å². The smallest absolute Gasteiger partial charge is 0.308 e. The molecule has 3 atom stereocenters. The van der Waals surface area contributed by atoms with Gasteiger partial charge in [-0.3, -0.25) is 14.5 Å². The molecule has 36 heavy (non-hydrogen) atoms. The molecule has 0 radical (unpaired) electrons. The standard InChI is InChI=1S/C26H36N4O6/c1-2-3-9-29(10-4-13-31)24(32)16-30-15-20(19-5-6-22-23(14-19)36-18-35-22)25(26(33)34)21(30)7-11-28-12-8-27-17-28/h5-6,8,12,14,17,20-21,25,31H,2-4,7,9-11,13,15-16,18H2,1H3,(H,33,34). The number of aliphatic hydroxyl groups is 1. The lowest BCUT2D eigenvalue weighted by Crippen LogP contribution is -2.45. The second-order valence-corrected chi connectivity index (χ2v) is 9.48. The van der Waals surface area contributed by atoms with Gasteiger partial charge in [0.25, 0.3) is 0 Å². The summed E-state index contributed by atoms with van der Waals surface area (Å²) in [5.41, 5.74) is 0.873. The summed E-state index contributed by atoms with van der Waals surface area (Å²) in [4.78, 5) is 33.9. The van der Waals surface area contributed by atoms with Gasteiger partial charge in [-0.25, -0.2) is 4.98 Å². The Balaban J connectivity index is 1.58. The van der Waals surface area contributed by atoms with Crippen molar-refractivity contribution in [2.75, 3.05) is 39.6 Å². The first-order valence-corrected chi connectivity index (χ1v) is 12.7. The van der Waals surface area contributed by atoms with E-state index in [4.69, 9.17) is 9.47 Å². The number of carbonyl (C=O) groups is 2. The number of likely N-dealkylation sites (tertiary alicyclic amines) is 1. The van der Waals surface area contributed by atoms with E-state index < -0.39 is 11.9 Å². The highest BCUT2D eigenvalue weighted by atomic mass is 16.7. The largest absolute Gasteiger partial charge is 0.481 e. The van der Waals surface area contributed by atoms with E-state index in [0.717, 1.165) is 18.4 Å². The molecule has 1 fully saturated rings. The van der Waals surface area contributed by atoms with E-state index in [1.165, 1.54) is 0 Å². The molecular formula is C26H36N4O6. The maximum Gasteiger partial charge on any atom is 0.308 e. The number of amides is 1. The fraction of sp³-hybridized carbons (Fsp3) is 0.577. The molecule has 1 aromatic heterocycles. The van der Waals surface area contributed by atoms with Crippen molar-refractivity contribution in [3.8, 4) is 11.5 Å². The number of aliphatic carboxylic acids is 1. The van der Waals surface area contributed by atoms with Crippen LogP contribution in [0.25, 0.3) is 0 Å². The molecule has 3 unspecified atom stereocenters. The average molecular weight is 501 g/mol. The number of carboxylic acid groups (broad SMARTS) is 1. The van der Waals surface area contributed by atoms with Gasteiger partial charge in [0, 0.05) is 57.1 Å². The predicted octanol–water partition coefficient (Wildman–Crippen LogP) is 2.18. The second kappa shape index (κ2) is 12.2. The van der Waals surface area contributed by atoms with Gasteiger partial charge >= 0.3 is 5.97 Å². The van der Waals surface area contributed by atoms with Gasteiger partial charge in [-0.05, 0) is 37.0 Å². The fourth-order valence-corrected chi connectivity index (χ4v) is 5.28. The number of rotatable bonds is 13. The third-order valence-corrected chi connectivity index (χ3v) is 7.16. The monoisotopic (exact) mass is 500 g/mol. The molecule has 10 nitrogen and oxygen atoms in total. The summed E-state index contributed by atoms with van der Waals surface area (Å²) in [7, 11) is 0. The minimum Gasteiger partial charge on any atom is -0.481 e. The highest BCUT2D eigenvalue weighted by Crippen LogP contribution is 2.42. The first-order valence-electron chi connectivity index (χ1n) is 12.7. The Labute approximate surface area is 211 Å². The van der Waals surface area contributed by atoms with Crippen molar-refractivity contribution in [3.05, 3.63) is 42.5 Å². The van der Waals surface area contributed by atoms with E-state index in [1.807, 2.05) is 33.9 Å². The van der Waals surface area contributed by atoms with Gasteiger partial charge < -0.3 is 29.2 Å². The zero-order valence-electron chi connectivity index (χ0n) is 20.8. The zero-order chi connectivity index (χ0) is 25.5. The first kappa shape index (κ1) is 26.0. The molecule has 3 heterocycles. The molecule has 0 aliphatic carbocycles. The van der Waals surface area contributed by atoms with E-state index >= 15 is 0 Å². The van der Waals surface area contributed by atoms with Crippen LogP contribution in [0.4, 0.5) is 0 Å². The van der Waals surface area contributed by atoms with Crippen LogP contribution in [0.3, 0.4) is 0 Å². The Bertz CT molecular complexity index is 1010. The topological polar surface area (TPSA) is 117 Å². The van der Waals surface area contributed by atoms with Crippen LogP contribution in [0.5, 0.6) is 11.5 Å². The minimum atomic E-state index is -0.869. The minimum absolute atomic E-state index is 0.0278. The van der Waals surface area contributed by atoms with E-state index in [0.29, 0.717) is 50.5 Å². The molecule has 2 N–H and O–H groups in total. The van der Waals surface area contributed by atoms with Crippen molar-refractivity contribution in [3.63, 3.8) is 0 Å². The molecule has 0 bridgehead atoms. The summed E-state index contributed by atoms with van der Waals surface area (Å²) >= 11 is 0. The van der Waals surface area contributed by atoms with Crippen LogP contribution in [0, 0.1) is 5.92 Å². The van der Waals surface area contributed by atoms with Gasteiger partial charge in [-0.15, -0.1) is 0 Å². The predicted molar refractivity (Wildman–Crippen MR) is 132 cm³/mol. The summed E-state index contributed by atoms with van der Waals surface area (Å²) < 4.78 is 12.9. The van der Waals surface area contributed by atoms with E-state index in [1.54, 1.807) is 17.4 Å². The number of nitrogens with zero attached hydrogens (tertiary/aromatic N) is 4. The Hall–Kier alpha value is -3.11. The number of carboxylic acids is 1. The third kappa shape index (κ3) is 5.99. The maximum absolute atomic E-state index is 13.4. The van der Waals surface area contributed by atoms with Crippen LogP contribution < -0.4 is 9.47 Å². The number of imidazole rings is 1. The van der Waals surface area contributed by atoms with Crippen LogP contribution >= 0.6 is 0 Å². The number of benzene rings is 1. The Morgan fingerprint density at radius 2 is 2.00 bits per heavy atom. The SMILES string of the molecule is CCCCN(CCCO)C(=O)CN1CC(c2ccc3c(c2)OCO3)C(C(=O)O)C1CCn1ccnc1. The number of fused-ring (bicyclic) bond motifs is 1. The molecule has 0 saturated carbocycles. The van der Waals surface area contributed by atoms with Crippen molar-refractivity contribution in [1.29, 1.82) is 0 Å². The van der Waals surface area contributed by atoms with Crippen molar-refractivity contribution >= 4 is 11.9 Å². The van der Waals surface area contributed by atoms with Gasteiger partial charge in [0.15, 0.2) is 11.5 Å². The van der Waals surface area contributed by atoms with Crippen molar-refractivity contribution in [2.24, 2.45) is 5.92 Å². The molecule has 1 saturated heterocycles. The molecule has 2 aromatic rings. The number of unbranched alkanes of at least 4 members (excludes halogenated alkanes) is 1. The number of hydrogen-bond donors (Lipinski definition) is 2. The van der Waals surface area contributed by atoms with Crippen LogP contribution in [0.15, 0.2) is 36.9 Å². The highest BCUT2D eigenvalue weighted by Gasteiger charge is 2.47. The molecule has 1 aromatic carbocycles. The summed E-state index contributed by atoms with van der Waals surface area (Å²) in [6.07, 6.45) is 8.23. The molecule has 1 amide bonds. The summed E-state index contributed by atoms with van der Waals surface area (Å²) in [6, 6.07) is 5.28. The van der Waals surface area contributed by atoms with Crippen LogP contribution in [0.1, 0.15) is 44.1 Å². The molecule has 196 valence electrons. The lowest BCUT2D eigenvalue weighted by molar-refractivity contribution is -0.144. The summed E-state index contributed by atoms with van der Waals surface area (Å²) in [5.74, 6) is -0.590. The van der Waals surface area contributed by atoms with Gasteiger partial charge in [0.1, 0.15) is 0 Å². The zero-order valence-corrected chi connectivity index (χ0v) is 20.8. The third-order valence-electron chi connectivity index (χ3n) is 7.16. The van der Waals surface area contributed by atoms with Crippen LogP contribution in [-0.2, 0) is 16.1 Å². The second-order valence-electron chi connectivity index (χ2n) is 9.48. The Morgan fingerprint density at radius 1 is 1.19 bits per heavy atom. The molecule has 2 aliphatic heterocycles. The Morgan fingerprint density at radius 3 is 2.72 bits per heavy atom. The van der Waals surface area contributed by atoms with Gasteiger partial charge in [0.2, 0.25) is 12.7 Å². The van der Waals surface area contributed by atoms with Gasteiger partial charge in [-0.2, -0.15) is 0 Å². The number of ether oxygens (including phenoxy) is 2. The normalized spacial score (nSPS) is 21.1. The highest BCUT2D eigenvalue weighted by molar-refractivity contribution is 5.79. The summed E-state index contributed by atoms with van der Waals surface area (Å²) in [6.45, 7) is 4.61. The fourth-order valence-electron chi connectivity index (χ4n) is 5.28. The maximum atomic E-state index is 13.4. The molecule has 10 heteroatoms. The summed E-state index contributed by atoms with van der Waals surface area (Å²) in [5, 5.41) is 19.6. The lowest BCUT2D eigenvalue weighted by atomic mass is 9.84. The molecule has 2 aliphatic rings. The number of aryl methyl sites for hydroxylation is 1. The van der Waals surface area contributed by atoms with Crippen molar-refractivity contribution in [1.82, 2.24) is 19.4 Å². The van der Waals surface area contributed by atoms with Gasteiger partial charge in [-0.1, -0.05) is 19.4 Å². The first-order chi connectivity index (χ1) is 17.5. The number of aromatic nitrogens is 2. The van der Waals surface area contributed by atoms with Crippen molar-refractivity contribution < 1.29 is 29.3 Å². The lowest BCUT2D eigenvalue weighted by Gasteiger charge is -2.29. The van der Waals surface area contributed by atoms with Crippen molar-refractivity contribution in [2.45, 2.75) is 51.1 Å². The molecule has 0 spiro atoms. The molecule has 4 rings (SSSR count). The van der Waals surface area contributed by atoms with Crippen LogP contribution in [-0.4, -0.2) is 87.1 Å². The Kier molecular flexibility index (Phi) is 8.82. The van der Waals surface area contributed by atoms with Crippen LogP contribution in [0.2, 0.25) is 0 Å². The van der Waals surface area contributed by atoms with E-state index in [9.17, 15) is 19.8 Å². The number of hydrogen-bond acceptors (Lipinski definition) is 7.